The third kappa shape index (κ3) is 3.46. The van der Waals surface area contributed by atoms with Crippen molar-refractivity contribution in [1.29, 1.82) is 0 Å². The maximum Gasteiger partial charge on any atom is 0.426 e. The molecule has 18 heavy (non-hydrogen) atoms. The number of ether oxygens (including phenoxy) is 1. The zero-order valence-electron chi connectivity index (χ0n) is 11.2. The van der Waals surface area contributed by atoms with Gasteiger partial charge < -0.3 is 9.84 Å². The van der Waals surface area contributed by atoms with Gasteiger partial charge in [-0.05, 0) is 40.7 Å². The molecule has 0 aliphatic rings. The summed E-state index contributed by atoms with van der Waals surface area (Å²) in [5.74, 6) is -0.0216. The predicted octanol–water partition coefficient (Wildman–Crippen LogP) is 3.02. The smallest absolute Gasteiger partial charge is 0.426 e. The molecule has 0 saturated heterocycles. The highest BCUT2D eigenvalue weighted by molar-refractivity contribution is 7.71. The van der Waals surface area contributed by atoms with Crippen LogP contribution in [-0.2, 0) is 4.74 Å². The van der Waals surface area contributed by atoms with Gasteiger partial charge in [0.25, 0.3) is 0 Å². The molecular formula is C12H18N2O3S. The molecule has 1 aromatic rings. The molecule has 0 saturated carbocycles. The first-order valence-electron chi connectivity index (χ1n) is 5.54. The molecule has 1 aromatic heterocycles. The Kier molecular flexibility index (Phi) is 4.01. The number of pyridine rings is 1. The minimum Gasteiger partial charge on any atom is -0.505 e. The molecule has 0 fully saturated rings. The standard InChI is InChI=1S/C12H18N2O3S/c1-7-6-9(18)10(15)8(2)14(7)13-11(16)17-12(3,4)5/h6,15H,1-5H3,(H,13,16). The Hall–Kier alpha value is -1.56. The average molecular weight is 270 g/mol. The molecule has 0 spiro atoms. The fourth-order valence-electron chi connectivity index (χ4n) is 1.44. The molecule has 6 heteroatoms. The van der Waals surface area contributed by atoms with Crippen LogP contribution in [0.2, 0.25) is 0 Å². The molecule has 100 valence electrons. The average Bonchev–Trinajstić information content (AvgIpc) is 2.19. The Labute approximate surface area is 111 Å². The lowest BCUT2D eigenvalue weighted by Gasteiger charge is -2.22. The fraction of sp³-hybridized carbons (Fsp3) is 0.500. The summed E-state index contributed by atoms with van der Waals surface area (Å²) in [6.45, 7) is 8.78. The normalized spacial score (nSPS) is 11.2. The monoisotopic (exact) mass is 270 g/mol. The van der Waals surface area contributed by atoms with Crippen LogP contribution >= 0.6 is 12.2 Å². The fourth-order valence-corrected chi connectivity index (χ4v) is 1.75. The van der Waals surface area contributed by atoms with Gasteiger partial charge in [0.1, 0.15) is 5.60 Å². The number of carbonyl (C=O) groups excluding carboxylic acids is 1. The molecule has 1 amide bonds. The number of carbonyl (C=O) groups is 1. The molecule has 2 N–H and O–H groups in total. The summed E-state index contributed by atoms with van der Waals surface area (Å²) in [5.41, 5.74) is 3.15. The molecule has 1 rings (SSSR count). The van der Waals surface area contributed by atoms with Crippen molar-refractivity contribution in [2.24, 2.45) is 0 Å². The van der Waals surface area contributed by atoms with Crippen molar-refractivity contribution in [3.05, 3.63) is 22.0 Å². The van der Waals surface area contributed by atoms with E-state index >= 15 is 0 Å². The topological polar surface area (TPSA) is 63.5 Å². The van der Waals surface area contributed by atoms with Gasteiger partial charge in [-0.1, -0.05) is 12.2 Å². The van der Waals surface area contributed by atoms with Crippen LogP contribution in [0.3, 0.4) is 0 Å². The molecule has 5 nitrogen and oxygen atoms in total. The number of rotatable bonds is 1. The molecular weight excluding hydrogens is 252 g/mol. The van der Waals surface area contributed by atoms with Crippen molar-refractivity contribution >= 4 is 18.3 Å². The van der Waals surface area contributed by atoms with Crippen LogP contribution in [0.1, 0.15) is 32.2 Å². The minimum atomic E-state index is -0.588. The number of amides is 1. The Morgan fingerprint density at radius 3 is 2.50 bits per heavy atom. The van der Waals surface area contributed by atoms with E-state index in [0.717, 1.165) is 0 Å². The number of aryl methyl sites for hydroxylation is 1. The molecule has 0 bridgehead atoms. The van der Waals surface area contributed by atoms with Crippen molar-refractivity contribution in [2.75, 3.05) is 5.43 Å². The Morgan fingerprint density at radius 1 is 1.44 bits per heavy atom. The molecule has 0 aromatic carbocycles. The first-order valence-corrected chi connectivity index (χ1v) is 5.95. The van der Waals surface area contributed by atoms with Crippen LogP contribution in [-0.4, -0.2) is 21.5 Å². The second kappa shape index (κ2) is 4.97. The lowest BCUT2D eigenvalue weighted by atomic mass is 10.2. The second-order valence-electron chi connectivity index (χ2n) is 5.03. The highest BCUT2D eigenvalue weighted by Crippen LogP contribution is 2.19. The first kappa shape index (κ1) is 14.5. The molecule has 1 heterocycles. The van der Waals surface area contributed by atoms with Gasteiger partial charge in [-0.25, -0.2) is 10.2 Å². The van der Waals surface area contributed by atoms with E-state index in [0.29, 0.717) is 15.9 Å². The van der Waals surface area contributed by atoms with E-state index in [1.807, 2.05) is 0 Å². The lowest BCUT2D eigenvalue weighted by Crippen LogP contribution is -2.33. The number of hydrogen-bond acceptors (Lipinski definition) is 4. The van der Waals surface area contributed by atoms with Crippen LogP contribution < -0.4 is 5.43 Å². The Morgan fingerprint density at radius 2 is 2.00 bits per heavy atom. The summed E-state index contributed by atoms with van der Waals surface area (Å²) in [6, 6.07) is 1.61. The minimum absolute atomic E-state index is 0.0216. The molecule has 0 aliphatic heterocycles. The van der Waals surface area contributed by atoms with E-state index in [9.17, 15) is 9.90 Å². The van der Waals surface area contributed by atoms with E-state index in [1.165, 1.54) is 4.68 Å². The first-order chi connectivity index (χ1) is 8.11. The van der Waals surface area contributed by atoms with Gasteiger partial charge in [-0.2, -0.15) is 0 Å². The van der Waals surface area contributed by atoms with Gasteiger partial charge in [0, 0.05) is 5.69 Å². The van der Waals surface area contributed by atoms with Gasteiger partial charge >= 0.3 is 6.09 Å². The van der Waals surface area contributed by atoms with Gasteiger partial charge in [0.2, 0.25) is 0 Å². The Bertz CT molecular complexity index is 529. The van der Waals surface area contributed by atoms with Crippen molar-refractivity contribution in [3.63, 3.8) is 0 Å². The van der Waals surface area contributed by atoms with Crippen LogP contribution in [0.25, 0.3) is 0 Å². The lowest BCUT2D eigenvalue weighted by molar-refractivity contribution is 0.0611. The number of nitrogens with zero attached hydrogens (tertiary/aromatic N) is 1. The van der Waals surface area contributed by atoms with Gasteiger partial charge in [0.05, 0.1) is 10.2 Å². The zero-order chi connectivity index (χ0) is 14.1. The number of nitrogens with one attached hydrogen (secondary N) is 1. The van der Waals surface area contributed by atoms with E-state index < -0.39 is 11.7 Å². The van der Waals surface area contributed by atoms with E-state index in [2.05, 4.69) is 5.43 Å². The van der Waals surface area contributed by atoms with Crippen LogP contribution in [0.5, 0.6) is 5.75 Å². The quantitative estimate of drug-likeness (QED) is 0.770. The zero-order valence-corrected chi connectivity index (χ0v) is 12.0. The van der Waals surface area contributed by atoms with E-state index in [-0.39, 0.29) is 5.75 Å². The number of hydrogen-bond donors (Lipinski definition) is 2. The van der Waals surface area contributed by atoms with Gasteiger partial charge in [0.15, 0.2) is 5.75 Å². The summed E-state index contributed by atoms with van der Waals surface area (Å²) in [5, 5.41) is 9.74. The molecule has 0 aliphatic carbocycles. The summed E-state index contributed by atoms with van der Waals surface area (Å²) >= 11 is 4.98. The third-order valence-corrected chi connectivity index (χ3v) is 2.52. The maximum absolute atomic E-state index is 11.7. The number of aromatic hydroxyl groups is 1. The van der Waals surface area contributed by atoms with E-state index in [4.69, 9.17) is 17.0 Å². The molecule has 0 atom stereocenters. The number of aromatic nitrogens is 1. The van der Waals surface area contributed by atoms with Gasteiger partial charge in [-0.15, -0.1) is 0 Å². The third-order valence-electron chi connectivity index (χ3n) is 2.21. The SMILES string of the molecule is Cc1cc(=S)c(O)c(C)n1NC(=O)OC(C)(C)C. The summed E-state index contributed by atoms with van der Waals surface area (Å²) in [7, 11) is 0. The van der Waals surface area contributed by atoms with Crippen molar-refractivity contribution in [2.45, 2.75) is 40.2 Å². The Balaban J connectivity index is 3.03. The maximum atomic E-state index is 11.7. The highest BCUT2D eigenvalue weighted by atomic mass is 32.1. The highest BCUT2D eigenvalue weighted by Gasteiger charge is 2.17. The molecule has 0 unspecified atom stereocenters. The van der Waals surface area contributed by atoms with Gasteiger partial charge in [-0.3, -0.25) is 4.68 Å². The van der Waals surface area contributed by atoms with Crippen LogP contribution in [0.4, 0.5) is 4.79 Å². The van der Waals surface area contributed by atoms with Crippen molar-refractivity contribution in [3.8, 4) is 5.75 Å². The molecule has 0 radical (unpaired) electrons. The summed E-state index contributed by atoms with van der Waals surface area (Å²) < 4.78 is 6.94. The van der Waals surface area contributed by atoms with Crippen molar-refractivity contribution < 1.29 is 14.6 Å². The van der Waals surface area contributed by atoms with Crippen LogP contribution in [0.15, 0.2) is 6.07 Å². The van der Waals surface area contributed by atoms with Crippen LogP contribution in [0, 0.1) is 18.4 Å². The summed E-state index contributed by atoms with van der Waals surface area (Å²) in [4.78, 5) is 11.7. The predicted molar refractivity (Wildman–Crippen MR) is 72.0 cm³/mol. The largest absolute Gasteiger partial charge is 0.505 e. The van der Waals surface area contributed by atoms with E-state index in [1.54, 1.807) is 40.7 Å². The summed E-state index contributed by atoms with van der Waals surface area (Å²) in [6.07, 6.45) is -0.588. The van der Waals surface area contributed by atoms with Crippen molar-refractivity contribution in [1.82, 2.24) is 4.68 Å². The second-order valence-corrected chi connectivity index (χ2v) is 5.47.